The lowest BCUT2D eigenvalue weighted by Crippen LogP contribution is -2.47. The molecule has 10 heteroatoms. The van der Waals surface area contributed by atoms with Crippen molar-refractivity contribution in [2.75, 3.05) is 14.2 Å². The fourth-order valence-electron chi connectivity index (χ4n) is 2.05. The van der Waals surface area contributed by atoms with E-state index in [1.165, 1.54) is 11.9 Å². The standard InChI is InChI=1S/C18H26N6O3S/c1-18(2,3)28-23-17(21-20-16(25)12-10-11-24(4)22-12)19-15-13(26-5)8-7-9-14(15)27-6/h7-11H,1-6H3,(H,20,25)(H2,19,21,23). The van der Waals surface area contributed by atoms with Gasteiger partial charge in [-0.2, -0.15) is 5.10 Å². The van der Waals surface area contributed by atoms with Crippen LogP contribution in [0.1, 0.15) is 31.3 Å². The second kappa shape index (κ2) is 9.36. The molecular formula is C18H26N6O3S. The molecule has 0 bridgehead atoms. The minimum Gasteiger partial charge on any atom is -0.494 e. The number of ether oxygens (including phenoxy) is 2. The van der Waals surface area contributed by atoms with Crippen LogP contribution in [-0.2, 0) is 7.05 Å². The van der Waals surface area contributed by atoms with Gasteiger partial charge in [-0.15, -0.1) is 0 Å². The maximum absolute atomic E-state index is 12.3. The summed E-state index contributed by atoms with van der Waals surface area (Å²) < 4.78 is 15.4. The molecule has 0 aliphatic heterocycles. The number of carbonyl (C=O) groups is 1. The van der Waals surface area contributed by atoms with Crippen LogP contribution in [0.2, 0.25) is 0 Å². The van der Waals surface area contributed by atoms with Gasteiger partial charge in [0.1, 0.15) is 11.5 Å². The lowest BCUT2D eigenvalue weighted by Gasteiger charge is -2.20. The third kappa shape index (κ3) is 6.08. The van der Waals surface area contributed by atoms with E-state index in [-0.39, 0.29) is 16.3 Å². The molecule has 0 fully saturated rings. The van der Waals surface area contributed by atoms with Crippen LogP contribution >= 0.6 is 11.9 Å². The van der Waals surface area contributed by atoms with Crippen LogP contribution in [0.3, 0.4) is 0 Å². The maximum Gasteiger partial charge on any atom is 0.290 e. The second-order valence-electron chi connectivity index (χ2n) is 6.74. The number of rotatable bonds is 5. The summed E-state index contributed by atoms with van der Waals surface area (Å²) >= 11 is 1.44. The summed E-state index contributed by atoms with van der Waals surface area (Å²) in [6.07, 6.45) is 1.69. The molecule has 0 aliphatic rings. The highest BCUT2D eigenvalue weighted by atomic mass is 32.2. The van der Waals surface area contributed by atoms with Gasteiger partial charge < -0.3 is 9.47 Å². The zero-order chi connectivity index (χ0) is 20.7. The van der Waals surface area contributed by atoms with Crippen molar-refractivity contribution in [2.45, 2.75) is 25.5 Å². The van der Waals surface area contributed by atoms with Crippen molar-refractivity contribution in [2.24, 2.45) is 12.0 Å². The monoisotopic (exact) mass is 406 g/mol. The highest BCUT2D eigenvalue weighted by Crippen LogP contribution is 2.37. The van der Waals surface area contributed by atoms with E-state index < -0.39 is 0 Å². The van der Waals surface area contributed by atoms with Crippen LogP contribution in [0.15, 0.2) is 35.5 Å². The molecule has 0 unspecified atom stereocenters. The Bertz CT molecular complexity index is 822. The number of guanidine groups is 1. The SMILES string of the molecule is COc1cccc(OC)c1/N=C(/NNC(=O)c1ccn(C)n1)NSC(C)(C)C. The molecule has 1 amide bonds. The minimum atomic E-state index is -0.386. The number of nitrogens with one attached hydrogen (secondary N) is 3. The number of aliphatic imine (C=N–C) groups is 1. The molecule has 1 heterocycles. The number of methoxy groups -OCH3 is 2. The fraction of sp³-hybridized carbons (Fsp3) is 0.389. The summed E-state index contributed by atoms with van der Waals surface area (Å²) in [6.45, 7) is 6.16. The summed E-state index contributed by atoms with van der Waals surface area (Å²) in [4.78, 5) is 16.8. The van der Waals surface area contributed by atoms with Crippen molar-refractivity contribution >= 4 is 29.5 Å². The zero-order valence-corrected chi connectivity index (χ0v) is 17.7. The summed E-state index contributed by atoms with van der Waals surface area (Å²) in [5.41, 5.74) is 6.17. The minimum absolute atomic E-state index is 0.0850. The van der Waals surface area contributed by atoms with Gasteiger partial charge in [-0.1, -0.05) is 6.07 Å². The first-order valence-electron chi connectivity index (χ1n) is 8.53. The van der Waals surface area contributed by atoms with Gasteiger partial charge in [-0.3, -0.25) is 25.1 Å². The number of hydrogen-bond donors (Lipinski definition) is 3. The van der Waals surface area contributed by atoms with Gasteiger partial charge in [0, 0.05) is 18.0 Å². The van der Waals surface area contributed by atoms with Crippen molar-refractivity contribution in [3.05, 3.63) is 36.2 Å². The van der Waals surface area contributed by atoms with Gasteiger partial charge in [0.2, 0.25) is 5.96 Å². The van der Waals surface area contributed by atoms with Gasteiger partial charge in [0.25, 0.3) is 5.91 Å². The van der Waals surface area contributed by atoms with E-state index in [1.54, 1.807) is 50.3 Å². The van der Waals surface area contributed by atoms with Gasteiger partial charge in [-0.25, -0.2) is 4.99 Å². The molecule has 3 N–H and O–H groups in total. The Morgan fingerprint density at radius 2 is 1.79 bits per heavy atom. The highest BCUT2D eigenvalue weighted by molar-refractivity contribution is 7.99. The maximum atomic E-state index is 12.3. The number of amides is 1. The van der Waals surface area contributed by atoms with Crippen LogP contribution in [0.5, 0.6) is 11.5 Å². The summed E-state index contributed by atoms with van der Waals surface area (Å²) in [5.74, 6) is 1.00. The van der Waals surface area contributed by atoms with E-state index in [4.69, 9.17) is 9.47 Å². The molecule has 2 rings (SSSR count). The first-order chi connectivity index (χ1) is 13.2. The van der Waals surface area contributed by atoms with Crippen LogP contribution < -0.4 is 25.0 Å². The van der Waals surface area contributed by atoms with Crippen molar-refractivity contribution in [1.82, 2.24) is 25.4 Å². The van der Waals surface area contributed by atoms with Gasteiger partial charge >= 0.3 is 0 Å². The molecule has 0 saturated carbocycles. The third-order valence-electron chi connectivity index (χ3n) is 3.32. The number of benzene rings is 1. The van der Waals surface area contributed by atoms with Crippen LogP contribution in [0.25, 0.3) is 0 Å². The molecule has 0 spiro atoms. The van der Waals surface area contributed by atoms with Crippen molar-refractivity contribution in [3.8, 4) is 11.5 Å². The van der Waals surface area contributed by atoms with E-state index in [1.807, 2.05) is 6.07 Å². The van der Waals surface area contributed by atoms with E-state index >= 15 is 0 Å². The summed E-state index contributed by atoms with van der Waals surface area (Å²) in [5, 5.41) is 4.07. The molecular weight excluding hydrogens is 380 g/mol. The summed E-state index contributed by atoms with van der Waals surface area (Å²) in [7, 11) is 4.86. The Labute approximate surface area is 169 Å². The lowest BCUT2D eigenvalue weighted by molar-refractivity contribution is 0.0937. The molecule has 9 nitrogen and oxygen atoms in total. The van der Waals surface area contributed by atoms with Crippen LogP contribution in [0.4, 0.5) is 5.69 Å². The molecule has 0 saturated heterocycles. The molecule has 1 aromatic heterocycles. The number of aromatic nitrogens is 2. The topological polar surface area (TPSA) is 102 Å². The fourth-order valence-corrected chi connectivity index (χ4v) is 2.55. The second-order valence-corrected chi connectivity index (χ2v) is 8.37. The van der Waals surface area contributed by atoms with Crippen LogP contribution in [0, 0.1) is 0 Å². The average molecular weight is 407 g/mol. The highest BCUT2D eigenvalue weighted by Gasteiger charge is 2.16. The van der Waals surface area contributed by atoms with Gasteiger partial charge in [0.05, 0.1) is 14.2 Å². The third-order valence-corrected chi connectivity index (χ3v) is 4.23. The Morgan fingerprint density at radius 3 is 2.29 bits per heavy atom. The number of hydrogen-bond acceptors (Lipinski definition) is 6. The van der Waals surface area contributed by atoms with Crippen LogP contribution in [-0.4, -0.2) is 40.6 Å². The molecule has 152 valence electrons. The number of hydrazine groups is 1. The van der Waals surface area contributed by atoms with E-state index in [9.17, 15) is 4.79 Å². The molecule has 0 atom stereocenters. The number of para-hydroxylation sites is 1. The Kier molecular flexibility index (Phi) is 7.16. The predicted molar refractivity (Wildman–Crippen MR) is 111 cm³/mol. The van der Waals surface area contributed by atoms with Crippen molar-refractivity contribution < 1.29 is 14.3 Å². The Balaban J connectivity index is 2.26. The molecule has 28 heavy (non-hydrogen) atoms. The lowest BCUT2D eigenvalue weighted by atomic mass is 10.2. The number of carbonyl (C=O) groups excluding carboxylic acids is 1. The Morgan fingerprint density at radius 1 is 1.14 bits per heavy atom. The Hall–Kier alpha value is -2.88. The first kappa shape index (κ1) is 21.4. The van der Waals surface area contributed by atoms with E-state index in [0.29, 0.717) is 23.1 Å². The average Bonchev–Trinajstić information content (AvgIpc) is 3.09. The predicted octanol–water partition coefficient (Wildman–Crippen LogP) is 2.40. The molecule has 0 radical (unpaired) electrons. The molecule has 1 aromatic carbocycles. The van der Waals surface area contributed by atoms with E-state index in [0.717, 1.165) is 0 Å². The van der Waals surface area contributed by atoms with Crippen molar-refractivity contribution in [1.29, 1.82) is 0 Å². The smallest absolute Gasteiger partial charge is 0.290 e. The number of aryl methyl sites for hydroxylation is 1. The summed E-state index contributed by atoms with van der Waals surface area (Å²) in [6, 6.07) is 6.99. The first-order valence-corrected chi connectivity index (χ1v) is 9.35. The van der Waals surface area contributed by atoms with Gasteiger partial charge in [-0.05, 0) is 50.9 Å². The molecule has 0 aliphatic carbocycles. The van der Waals surface area contributed by atoms with Gasteiger partial charge in [0.15, 0.2) is 11.4 Å². The normalized spacial score (nSPS) is 11.7. The number of nitrogens with zero attached hydrogens (tertiary/aromatic N) is 3. The van der Waals surface area contributed by atoms with Crippen molar-refractivity contribution in [3.63, 3.8) is 0 Å². The zero-order valence-electron chi connectivity index (χ0n) is 16.9. The largest absolute Gasteiger partial charge is 0.494 e. The van der Waals surface area contributed by atoms with E-state index in [2.05, 4.69) is 46.4 Å². The quantitative estimate of drug-likeness (QED) is 0.303. The molecule has 2 aromatic rings.